The summed E-state index contributed by atoms with van der Waals surface area (Å²) in [6, 6.07) is 10.1. The maximum Gasteiger partial charge on any atom is 0.225 e. The summed E-state index contributed by atoms with van der Waals surface area (Å²) >= 11 is 0. The van der Waals surface area contributed by atoms with Gasteiger partial charge in [0.05, 0.1) is 82.8 Å². The molecule has 372 valence electrons. The molecule has 9 rings (SSSR count). The summed E-state index contributed by atoms with van der Waals surface area (Å²) in [5.41, 5.74) is 19.7. The third kappa shape index (κ3) is 12.1. The molecule has 22 nitrogen and oxygen atoms in total. The molecule has 22 heteroatoms. The molecule has 8 heterocycles. The molecule has 71 heavy (non-hydrogen) atoms. The smallest absolute Gasteiger partial charge is 0.225 e. The number of rotatable bonds is 24. The first-order valence-electron chi connectivity index (χ1n) is 23.9. The van der Waals surface area contributed by atoms with Crippen LogP contribution in [-0.4, -0.2) is 163 Å². The molecule has 1 atom stereocenters. The van der Waals surface area contributed by atoms with E-state index in [1.807, 2.05) is 37.7 Å². The number of nitrogens with two attached hydrogens (primary N) is 2. The van der Waals surface area contributed by atoms with Gasteiger partial charge in [-0.25, -0.2) is 39.6 Å². The number of aliphatic hydroxyl groups is 1. The zero-order valence-electron chi connectivity index (χ0n) is 39.6. The van der Waals surface area contributed by atoms with E-state index in [1.54, 1.807) is 31.0 Å². The Morgan fingerprint density at radius 3 is 2.27 bits per heavy atom. The van der Waals surface area contributed by atoms with Crippen molar-refractivity contribution in [2.24, 2.45) is 5.73 Å². The van der Waals surface area contributed by atoms with E-state index in [4.69, 9.17) is 35.5 Å². The Morgan fingerprint density at radius 2 is 1.51 bits per heavy atom. The van der Waals surface area contributed by atoms with E-state index in [2.05, 4.69) is 58.1 Å². The van der Waals surface area contributed by atoms with Gasteiger partial charge in [-0.05, 0) is 41.7 Å². The van der Waals surface area contributed by atoms with Crippen molar-refractivity contribution in [1.82, 2.24) is 54.6 Å². The van der Waals surface area contributed by atoms with Crippen molar-refractivity contribution < 1.29 is 33.6 Å². The Kier molecular flexibility index (Phi) is 16.3. The third-order valence-corrected chi connectivity index (χ3v) is 12.6. The summed E-state index contributed by atoms with van der Waals surface area (Å²) in [7, 11) is 0. The Hall–Kier alpha value is -7.08. The zero-order valence-corrected chi connectivity index (χ0v) is 39.6. The number of fused-ring (bicyclic) bond motifs is 3. The average Bonchev–Trinajstić information content (AvgIpc) is 4.04. The minimum Gasteiger partial charge on any atom is -0.394 e. The van der Waals surface area contributed by atoms with Gasteiger partial charge in [0.2, 0.25) is 17.8 Å². The quantitative estimate of drug-likeness (QED) is 0.0500. The van der Waals surface area contributed by atoms with Crippen LogP contribution < -0.4 is 21.3 Å². The number of ketones is 1. The standard InChI is InChI=1S/C49H59N15O7/c50-22-34-23-54-49(55-24-34)63-11-10-62(30-40(63)31-65)48-56-26-39(27-57-48)41(66)2-1-12-68-14-16-70-18-19-71-17-15-69-13-7-42(67)61-9-6-35-20-33(3-4-37(35)29-61)28-64-47-43(45(51)58-32-59-47)44(60-64)38-21-36-5-8-52-46(36)53-25-38/h3-5,8,20-21,23-27,32,40,65H,1-2,6-7,9-19,22,28-31,50H2,(H,52,53)(H2,51,58,59). The molecule has 2 aliphatic rings. The predicted octanol–water partition coefficient (Wildman–Crippen LogP) is 2.73. The number of nitrogens with one attached hydrogen (secondary N) is 1. The SMILES string of the molecule is NCc1cnc(N2CCN(c3ncc(C(=O)CCCOCCOCCOCCOCCC(=O)N4CCc5cc(Cn6nc(-c7cnc8[nH]ccc8c7)c7c(N)ncnc76)ccc5C4)cn3)CC2CO)nc1. The van der Waals surface area contributed by atoms with Crippen LogP contribution >= 0.6 is 0 Å². The number of carbonyl (C=O) groups is 2. The van der Waals surface area contributed by atoms with Crippen molar-refractivity contribution in [3.8, 4) is 11.3 Å². The van der Waals surface area contributed by atoms with Gasteiger partial charge in [-0.1, -0.05) is 18.2 Å². The second kappa shape index (κ2) is 23.7. The van der Waals surface area contributed by atoms with Crippen molar-refractivity contribution in [1.29, 1.82) is 0 Å². The van der Waals surface area contributed by atoms with Crippen LogP contribution in [0.4, 0.5) is 17.7 Å². The monoisotopic (exact) mass is 969 g/mol. The number of aliphatic hydroxyl groups excluding tert-OH is 1. The molecule has 1 aromatic carbocycles. The highest BCUT2D eigenvalue weighted by molar-refractivity contribution is 5.99. The number of hydrogen-bond donors (Lipinski definition) is 4. The van der Waals surface area contributed by atoms with Crippen LogP contribution in [0.25, 0.3) is 33.3 Å². The second-order valence-corrected chi connectivity index (χ2v) is 17.3. The summed E-state index contributed by atoms with van der Waals surface area (Å²) < 4.78 is 24.4. The third-order valence-electron chi connectivity index (χ3n) is 12.6. The number of pyridine rings is 1. The number of nitrogen functional groups attached to an aromatic ring is 1. The van der Waals surface area contributed by atoms with Gasteiger partial charge in [-0.3, -0.25) is 9.59 Å². The van der Waals surface area contributed by atoms with Crippen LogP contribution in [0.3, 0.4) is 0 Å². The number of ether oxygens (including phenoxy) is 4. The van der Waals surface area contributed by atoms with Gasteiger partial charge in [0.25, 0.3) is 0 Å². The van der Waals surface area contributed by atoms with E-state index in [9.17, 15) is 14.7 Å². The fourth-order valence-corrected chi connectivity index (χ4v) is 8.75. The van der Waals surface area contributed by atoms with E-state index in [-0.39, 0.29) is 24.3 Å². The van der Waals surface area contributed by atoms with Gasteiger partial charge < -0.3 is 55.2 Å². The molecule has 0 bridgehead atoms. The molecule has 6 aromatic heterocycles. The first-order chi connectivity index (χ1) is 34.8. The van der Waals surface area contributed by atoms with Gasteiger partial charge in [0, 0.05) is 106 Å². The van der Waals surface area contributed by atoms with E-state index < -0.39 is 0 Å². The topological polar surface area (TPSA) is 277 Å². The van der Waals surface area contributed by atoms with E-state index >= 15 is 0 Å². The summed E-state index contributed by atoms with van der Waals surface area (Å²) in [5.74, 6) is 1.41. The van der Waals surface area contributed by atoms with Gasteiger partial charge in [0.15, 0.2) is 11.4 Å². The number of amides is 1. The first kappa shape index (κ1) is 48.9. The minimum atomic E-state index is -0.239. The molecule has 0 spiro atoms. The van der Waals surface area contributed by atoms with Gasteiger partial charge in [-0.2, -0.15) is 5.10 Å². The van der Waals surface area contributed by atoms with Crippen molar-refractivity contribution >= 4 is 51.5 Å². The van der Waals surface area contributed by atoms with Crippen molar-refractivity contribution in [3.05, 3.63) is 102 Å². The second-order valence-electron chi connectivity index (χ2n) is 17.3. The Balaban J connectivity index is 0.596. The molecule has 2 aliphatic heterocycles. The molecular formula is C49H59N15O7. The lowest BCUT2D eigenvalue weighted by Crippen LogP contribution is -2.56. The lowest BCUT2D eigenvalue weighted by Gasteiger charge is -2.40. The van der Waals surface area contributed by atoms with Gasteiger partial charge >= 0.3 is 0 Å². The molecule has 1 unspecified atom stereocenters. The average molecular weight is 970 g/mol. The number of nitrogens with zero attached hydrogens (tertiary/aromatic N) is 12. The molecule has 7 aromatic rings. The number of hydrogen-bond acceptors (Lipinski definition) is 19. The number of aromatic amines is 1. The Bertz CT molecular complexity index is 2880. The maximum absolute atomic E-state index is 13.1. The minimum absolute atomic E-state index is 0.0551. The molecule has 1 saturated heterocycles. The van der Waals surface area contributed by atoms with Crippen LogP contribution in [0.2, 0.25) is 0 Å². The van der Waals surface area contributed by atoms with Crippen molar-refractivity contribution in [2.75, 3.05) is 101 Å². The number of anilines is 3. The summed E-state index contributed by atoms with van der Waals surface area (Å²) in [5, 5.41) is 16.7. The summed E-state index contributed by atoms with van der Waals surface area (Å²) in [6.45, 7) is 6.81. The fourth-order valence-electron chi connectivity index (χ4n) is 8.75. The Morgan fingerprint density at radius 1 is 0.761 bits per heavy atom. The van der Waals surface area contributed by atoms with Gasteiger partial charge in [0.1, 0.15) is 23.5 Å². The van der Waals surface area contributed by atoms with E-state index in [1.165, 1.54) is 11.9 Å². The molecule has 6 N–H and O–H groups in total. The zero-order chi connectivity index (χ0) is 48.9. The number of benzene rings is 1. The summed E-state index contributed by atoms with van der Waals surface area (Å²) in [4.78, 5) is 65.8. The highest BCUT2D eigenvalue weighted by Gasteiger charge is 2.30. The van der Waals surface area contributed by atoms with Crippen molar-refractivity contribution in [2.45, 2.75) is 51.4 Å². The Labute approximate surface area is 409 Å². The number of H-pyrrole nitrogens is 1. The molecule has 0 saturated carbocycles. The molecule has 1 amide bonds. The van der Waals surface area contributed by atoms with E-state index in [0.717, 1.165) is 39.7 Å². The van der Waals surface area contributed by atoms with Crippen LogP contribution in [0.1, 0.15) is 51.9 Å². The van der Waals surface area contributed by atoms with Crippen LogP contribution in [-0.2, 0) is 49.8 Å². The lowest BCUT2D eigenvalue weighted by atomic mass is 9.97. The van der Waals surface area contributed by atoms with Crippen molar-refractivity contribution in [3.63, 3.8) is 0 Å². The van der Waals surface area contributed by atoms with E-state index in [0.29, 0.717) is 158 Å². The molecule has 1 fully saturated rings. The predicted molar refractivity (Wildman–Crippen MR) is 263 cm³/mol. The maximum atomic E-state index is 13.1. The van der Waals surface area contributed by atoms with Crippen LogP contribution in [0.5, 0.6) is 0 Å². The highest BCUT2D eigenvalue weighted by Crippen LogP contribution is 2.32. The number of Topliss-reactive ketones (excluding diaryl/α,β-unsaturated/α-hetero) is 1. The number of aromatic nitrogens is 10. The molecule has 0 radical (unpaired) electrons. The highest BCUT2D eigenvalue weighted by atomic mass is 16.6. The van der Waals surface area contributed by atoms with Crippen LogP contribution in [0, 0.1) is 0 Å². The molecule has 0 aliphatic carbocycles. The molecular weight excluding hydrogens is 911 g/mol. The lowest BCUT2D eigenvalue weighted by molar-refractivity contribution is -0.133. The fraction of sp³-hybridized carbons (Fsp3) is 0.429. The van der Waals surface area contributed by atoms with Crippen LogP contribution in [0.15, 0.2) is 73.8 Å². The number of piperazine rings is 1. The largest absolute Gasteiger partial charge is 0.394 e. The van der Waals surface area contributed by atoms with Gasteiger partial charge in [-0.15, -0.1) is 0 Å². The summed E-state index contributed by atoms with van der Waals surface area (Å²) in [6.07, 6.45) is 13.5. The first-order valence-corrected chi connectivity index (χ1v) is 23.9. The normalized spacial score (nSPS) is 15.0. The number of carbonyl (C=O) groups excluding carboxylic acids is 2.